The van der Waals surface area contributed by atoms with E-state index in [0.717, 1.165) is 12.1 Å². The van der Waals surface area contributed by atoms with Gasteiger partial charge in [0.25, 0.3) is 0 Å². The SMILES string of the molecule is COc1ccc2ncc(CO)c(C(O)CCC3(C(=O)O)CCN(CCSc4cc(F)c(F)c(F)c4)CC3)c2c1. The summed E-state index contributed by atoms with van der Waals surface area (Å²) >= 11 is 1.20. The van der Waals surface area contributed by atoms with E-state index < -0.39 is 34.9 Å². The van der Waals surface area contributed by atoms with Gasteiger partial charge in [0.15, 0.2) is 17.5 Å². The molecule has 210 valence electrons. The zero-order valence-corrected chi connectivity index (χ0v) is 22.3. The maximum Gasteiger partial charge on any atom is 0.309 e. The molecule has 1 aromatic heterocycles. The average molecular weight is 565 g/mol. The number of carboxylic acids is 1. The average Bonchev–Trinajstić information content (AvgIpc) is 2.94. The minimum absolute atomic E-state index is 0.188. The molecular weight excluding hydrogens is 533 g/mol. The number of aromatic nitrogens is 1. The number of hydrogen-bond donors (Lipinski definition) is 3. The molecule has 3 N–H and O–H groups in total. The van der Waals surface area contributed by atoms with Gasteiger partial charge in [-0.25, -0.2) is 13.2 Å². The minimum Gasteiger partial charge on any atom is -0.497 e. The molecular formula is C28H31F3N2O5S. The van der Waals surface area contributed by atoms with Crippen LogP contribution in [0.1, 0.15) is 42.9 Å². The molecule has 1 aliphatic rings. The molecule has 0 amide bonds. The lowest BCUT2D eigenvalue weighted by Crippen LogP contribution is -2.45. The number of aliphatic hydroxyl groups is 2. The molecule has 0 saturated carbocycles. The van der Waals surface area contributed by atoms with Crippen LogP contribution in [0, 0.1) is 22.9 Å². The summed E-state index contributed by atoms with van der Waals surface area (Å²) in [4.78, 5) is 19.1. The Balaban J connectivity index is 1.38. The van der Waals surface area contributed by atoms with Crippen molar-refractivity contribution < 1.29 is 38.0 Å². The topological polar surface area (TPSA) is 103 Å². The van der Waals surface area contributed by atoms with Crippen molar-refractivity contribution in [1.82, 2.24) is 9.88 Å². The summed E-state index contributed by atoms with van der Waals surface area (Å²) in [5.74, 6) is -3.77. The van der Waals surface area contributed by atoms with Gasteiger partial charge in [0, 0.05) is 34.3 Å². The number of benzene rings is 2. The van der Waals surface area contributed by atoms with Crippen LogP contribution in [0.3, 0.4) is 0 Å². The second-order valence-corrected chi connectivity index (χ2v) is 10.9. The largest absolute Gasteiger partial charge is 0.497 e. The van der Waals surface area contributed by atoms with Gasteiger partial charge in [-0.15, -0.1) is 11.8 Å². The van der Waals surface area contributed by atoms with Gasteiger partial charge < -0.3 is 25.0 Å². The van der Waals surface area contributed by atoms with E-state index >= 15 is 0 Å². The highest BCUT2D eigenvalue weighted by Crippen LogP contribution is 2.40. The van der Waals surface area contributed by atoms with E-state index in [0.29, 0.717) is 70.9 Å². The van der Waals surface area contributed by atoms with Crippen LogP contribution in [-0.4, -0.2) is 63.7 Å². The molecule has 39 heavy (non-hydrogen) atoms. The number of carboxylic acid groups (broad SMARTS) is 1. The van der Waals surface area contributed by atoms with E-state index in [1.54, 1.807) is 18.2 Å². The summed E-state index contributed by atoms with van der Waals surface area (Å²) < 4.78 is 45.3. The number of nitrogens with zero attached hydrogens (tertiary/aromatic N) is 2. The predicted molar refractivity (Wildman–Crippen MR) is 141 cm³/mol. The van der Waals surface area contributed by atoms with Crippen LogP contribution in [0.2, 0.25) is 0 Å². The third-order valence-corrected chi connectivity index (χ3v) is 8.46. The number of likely N-dealkylation sites (tertiary alicyclic amines) is 1. The molecule has 0 bridgehead atoms. The Morgan fingerprint density at radius 3 is 2.49 bits per heavy atom. The minimum atomic E-state index is -1.49. The summed E-state index contributed by atoms with van der Waals surface area (Å²) in [5.41, 5.74) is 0.617. The third kappa shape index (κ3) is 6.49. The van der Waals surface area contributed by atoms with Crippen molar-refractivity contribution in [2.75, 3.05) is 32.5 Å². The number of halogens is 3. The number of methoxy groups -OCH3 is 1. The quantitative estimate of drug-likeness (QED) is 0.223. The molecule has 0 radical (unpaired) electrons. The number of pyridine rings is 1. The molecule has 3 aromatic rings. The summed E-state index contributed by atoms with van der Waals surface area (Å²) in [6.07, 6.45) is 1.72. The van der Waals surface area contributed by atoms with Gasteiger partial charge in [-0.05, 0) is 74.7 Å². The van der Waals surface area contributed by atoms with Gasteiger partial charge in [-0.3, -0.25) is 9.78 Å². The molecule has 0 aliphatic carbocycles. The molecule has 2 aromatic carbocycles. The van der Waals surface area contributed by atoms with Crippen molar-refractivity contribution in [3.63, 3.8) is 0 Å². The number of carbonyl (C=O) groups is 1. The molecule has 0 spiro atoms. The fourth-order valence-corrected chi connectivity index (χ4v) is 6.08. The number of aliphatic carboxylic acids is 1. The van der Waals surface area contributed by atoms with Gasteiger partial charge in [0.2, 0.25) is 0 Å². The van der Waals surface area contributed by atoms with Gasteiger partial charge in [0.05, 0.1) is 30.8 Å². The van der Waals surface area contributed by atoms with Crippen LogP contribution in [0.15, 0.2) is 41.4 Å². The summed E-state index contributed by atoms with van der Waals surface area (Å²) in [6, 6.07) is 7.19. The fourth-order valence-electron chi connectivity index (χ4n) is 5.12. The maximum absolute atomic E-state index is 13.4. The standard InChI is InChI=1S/C28H31F3N2O5S/c1-38-18-2-3-23-20(12-18)25(17(16-34)15-32-23)24(35)4-5-28(27(36)37)6-8-33(9-7-28)10-11-39-19-13-21(29)26(31)22(30)14-19/h2-3,12-15,24,34-35H,4-11,16H2,1H3,(H,36,37). The molecule has 4 rings (SSSR count). The summed E-state index contributed by atoms with van der Waals surface area (Å²) in [7, 11) is 1.53. The lowest BCUT2D eigenvalue weighted by molar-refractivity contribution is -0.153. The van der Waals surface area contributed by atoms with Gasteiger partial charge in [0.1, 0.15) is 5.75 Å². The van der Waals surface area contributed by atoms with Crippen molar-refractivity contribution in [3.8, 4) is 5.75 Å². The first kappa shape index (κ1) is 29.1. The van der Waals surface area contributed by atoms with E-state index in [9.17, 15) is 33.3 Å². The number of fused-ring (bicyclic) bond motifs is 1. The summed E-state index contributed by atoms with van der Waals surface area (Å²) in [5, 5.41) is 31.8. The van der Waals surface area contributed by atoms with Gasteiger partial charge in [-0.2, -0.15) is 0 Å². The Morgan fingerprint density at radius 2 is 1.87 bits per heavy atom. The first-order valence-electron chi connectivity index (χ1n) is 12.6. The first-order chi connectivity index (χ1) is 18.7. The van der Waals surface area contributed by atoms with E-state index in [1.165, 1.54) is 25.1 Å². The Labute approximate surface area is 228 Å². The van der Waals surface area contributed by atoms with Crippen LogP contribution in [-0.2, 0) is 11.4 Å². The highest BCUT2D eigenvalue weighted by atomic mass is 32.2. The predicted octanol–water partition coefficient (Wildman–Crippen LogP) is 4.93. The number of piperidine rings is 1. The Morgan fingerprint density at radius 1 is 1.18 bits per heavy atom. The number of thioether (sulfide) groups is 1. The molecule has 1 fully saturated rings. The zero-order chi connectivity index (χ0) is 28.2. The maximum atomic E-state index is 13.4. The highest BCUT2D eigenvalue weighted by Gasteiger charge is 2.41. The van der Waals surface area contributed by atoms with Gasteiger partial charge >= 0.3 is 5.97 Å². The van der Waals surface area contributed by atoms with E-state index in [2.05, 4.69) is 9.88 Å². The molecule has 1 unspecified atom stereocenters. The van der Waals surface area contributed by atoms with Crippen molar-refractivity contribution in [1.29, 1.82) is 0 Å². The molecule has 11 heteroatoms. The van der Waals surface area contributed by atoms with Gasteiger partial charge in [-0.1, -0.05) is 0 Å². The first-order valence-corrected chi connectivity index (χ1v) is 13.6. The Kier molecular flexibility index (Phi) is 9.37. The van der Waals surface area contributed by atoms with E-state index in [1.807, 2.05) is 0 Å². The molecule has 7 nitrogen and oxygen atoms in total. The number of ether oxygens (including phenoxy) is 1. The fraction of sp³-hybridized carbons (Fsp3) is 0.429. The number of rotatable bonds is 11. The van der Waals surface area contributed by atoms with Crippen molar-refractivity contribution in [2.45, 2.75) is 43.3 Å². The van der Waals surface area contributed by atoms with E-state index in [-0.39, 0.29) is 19.4 Å². The van der Waals surface area contributed by atoms with Crippen molar-refractivity contribution in [3.05, 3.63) is 65.1 Å². The van der Waals surface area contributed by atoms with Crippen molar-refractivity contribution >= 4 is 28.6 Å². The number of aliphatic hydroxyl groups excluding tert-OH is 2. The lowest BCUT2D eigenvalue weighted by atomic mass is 9.74. The third-order valence-electron chi connectivity index (χ3n) is 7.50. The Hall–Kier alpha value is -2.86. The van der Waals surface area contributed by atoms with Crippen LogP contribution >= 0.6 is 11.8 Å². The molecule has 1 saturated heterocycles. The normalized spacial score (nSPS) is 16.4. The van der Waals surface area contributed by atoms with Crippen molar-refractivity contribution in [2.24, 2.45) is 5.41 Å². The Bertz CT molecular complexity index is 1310. The monoisotopic (exact) mass is 564 g/mol. The molecule has 1 atom stereocenters. The zero-order valence-electron chi connectivity index (χ0n) is 21.5. The van der Waals surface area contributed by atoms with E-state index in [4.69, 9.17) is 4.74 Å². The highest BCUT2D eigenvalue weighted by molar-refractivity contribution is 7.99. The lowest BCUT2D eigenvalue weighted by Gasteiger charge is -2.39. The smallest absolute Gasteiger partial charge is 0.309 e. The van der Waals surface area contributed by atoms with Crippen LogP contribution in [0.5, 0.6) is 5.75 Å². The van der Waals surface area contributed by atoms with Crippen LogP contribution in [0.25, 0.3) is 10.9 Å². The second kappa shape index (κ2) is 12.5. The second-order valence-electron chi connectivity index (χ2n) is 9.77. The summed E-state index contributed by atoms with van der Waals surface area (Å²) in [6.45, 7) is 1.30. The molecule has 2 heterocycles. The van der Waals surface area contributed by atoms with Crippen LogP contribution in [0.4, 0.5) is 13.2 Å². The number of hydrogen-bond acceptors (Lipinski definition) is 7. The van der Waals surface area contributed by atoms with Crippen LogP contribution < -0.4 is 4.74 Å². The molecule has 1 aliphatic heterocycles.